The number of ketones is 1. The van der Waals surface area contributed by atoms with E-state index in [1.54, 1.807) is 11.8 Å². The van der Waals surface area contributed by atoms with Gasteiger partial charge in [0, 0.05) is 10.5 Å². The zero-order valence-corrected chi connectivity index (χ0v) is 9.40. The minimum absolute atomic E-state index is 0.00986. The van der Waals surface area contributed by atoms with Gasteiger partial charge in [-0.3, -0.25) is 9.59 Å². The fourth-order valence-corrected chi connectivity index (χ4v) is 2.21. The molecule has 1 aromatic carbocycles. The summed E-state index contributed by atoms with van der Waals surface area (Å²) in [7, 11) is 0. The first-order chi connectivity index (χ1) is 7.11. The summed E-state index contributed by atoms with van der Waals surface area (Å²) in [4.78, 5) is 23.7. The van der Waals surface area contributed by atoms with Crippen molar-refractivity contribution < 1.29 is 9.59 Å². The van der Waals surface area contributed by atoms with Crippen molar-refractivity contribution in [3.8, 4) is 0 Å². The van der Waals surface area contributed by atoms with Gasteiger partial charge in [0.05, 0.1) is 12.1 Å². The summed E-state index contributed by atoms with van der Waals surface area (Å²) in [6.45, 7) is 1.52. The van der Waals surface area contributed by atoms with Crippen molar-refractivity contribution in [2.75, 3.05) is 11.6 Å². The molecule has 1 N–H and O–H groups in total. The number of amides is 1. The number of nitrogens with one attached hydrogen (secondary N) is 1. The van der Waals surface area contributed by atoms with Gasteiger partial charge < -0.3 is 5.32 Å². The van der Waals surface area contributed by atoms with Gasteiger partial charge in [-0.05, 0) is 30.9 Å². The molecule has 0 fully saturated rings. The first-order valence-electron chi connectivity index (χ1n) is 4.63. The summed E-state index contributed by atoms with van der Waals surface area (Å²) in [5.74, 6) is -0.0462. The van der Waals surface area contributed by atoms with Crippen molar-refractivity contribution in [3.05, 3.63) is 23.3 Å². The Bertz CT molecular complexity index is 454. The molecule has 1 heterocycles. The van der Waals surface area contributed by atoms with E-state index in [2.05, 4.69) is 5.32 Å². The number of carbonyl (C=O) groups excluding carboxylic acids is 2. The number of rotatable bonds is 2. The first kappa shape index (κ1) is 10.2. The molecule has 1 aliphatic rings. The zero-order chi connectivity index (χ0) is 11.0. The summed E-state index contributed by atoms with van der Waals surface area (Å²) in [6, 6.07) is 3.79. The van der Waals surface area contributed by atoms with Crippen molar-refractivity contribution >= 4 is 29.1 Å². The Morgan fingerprint density at radius 2 is 2.20 bits per heavy atom. The van der Waals surface area contributed by atoms with E-state index in [0.29, 0.717) is 17.7 Å². The van der Waals surface area contributed by atoms with Crippen molar-refractivity contribution in [1.29, 1.82) is 0 Å². The molecule has 2 rings (SSSR count). The number of Topliss-reactive ketones (excluding diaryl/α,β-unsaturated/α-hetero) is 1. The first-order valence-corrected chi connectivity index (χ1v) is 5.86. The molecule has 3 nitrogen and oxygen atoms in total. The summed E-state index contributed by atoms with van der Waals surface area (Å²) in [6.07, 6.45) is 2.33. The standard InChI is InChI=1S/C11H11NO2S/c1-6(13)9-5-8(15-2)3-7-4-10(14)12-11(7)9/h3,5H,4H2,1-2H3,(H,12,14). The van der Waals surface area contributed by atoms with Crippen LogP contribution in [0.25, 0.3) is 0 Å². The molecule has 0 bridgehead atoms. The van der Waals surface area contributed by atoms with E-state index in [1.165, 1.54) is 6.92 Å². The average Bonchev–Trinajstić information content (AvgIpc) is 2.55. The number of thioether (sulfide) groups is 1. The number of hydrogen-bond donors (Lipinski definition) is 1. The third-order valence-corrected chi connectivity index (χ3v) is 3.13. The number of anilines is 1. The van der Waals surface area contributed by atoms with Crippen molar-refractivity contribution in [3.63, 3.8) is 0 Å². The Morgan fingerprint density at radius 1 is 1.47 bits per heavy atom. The van der Waals surface area contributed by atoms with Crippen LogP contribution in [0.2, 0.25) is 0 Å². The van der Waals surface area contributed by atoms with Gasteiger partial charge in [-0.25, -0.2) is 0 Å². The highest BCUT2D eigenvalue weighted by molar-refractivity contribution is 7.98. The van der Waals surface area contributed by atoms with Crippen LogP contribution in [0.1, 0.15) is 22.8 Å². The Morgan fingerprint density at radius 3 is 2.80 bits per heavy atom. The lowest BCUT2D eigenvalue weighted by molar-refractivity contribution is -0.115. The third kappa shape index (κ3) is 1.77. The summed E-state index contributed by atoms with van der Waals surface area (Å²) >= 11 is 1.58. The molecule has 0 radical (unpaired) electrons. The van der Waals surface area contributed by atoms with E-state index < -0.39 is 0 Å². The SMILES string of the molecule is CSc1cc2c(c(C(C)=O)c1)NC(=O)C2. The molecular formula is C11H11NO2S. The van der Waals surface area contributed by atoms with Gasteiger partial charge >= 0.3 is 0 Å². The molecule has 0 atom stereocenters. The summed E-state index contributed by atoms with van der Waals surface area (Å²) < 4.78 is 0. The number of hydrogen-bond acceptors (Lipinski definition) is 3. The molecule has 0 saturated heterocycles. The Balaban J connectivity index is 2.59. The van der Waals surface area contributed by atoms with Crippen molar-refractivity contribution in [1.82, 2.24) is 0 Å². The average molecular weight is 221 g/mol. The minimum Gasteiger partial charge on any atom is -0.325 e. The van der Waals surface area contributed by atoms with Crippen LogP contribution in [-0.2, 0) is 11.2 Å². The Kier molecular flexibility index (Phi) is 2.52. The second-order valence-electron chi connectivity index (χ2n) is 3.49. The van der Waals surface area contributed by atoms with Gasteiger partial charge in [-0.15, -0.1) is 11.8 Å². The van der Waals surface area contributed by atoms with E-state index >= 15 is 0 Å². The van der Waals surface area contributed by atoms with Crippen LogP contribution in [0, 0.1) is 0 Å². The maximum Gasteiger partial charge on any atom is 0.228 e. The van der Waals surface area contributed by atoms with E-state index in [9.17, 15) is 9.59 Å². The molecule has 0 saturated carbocycles. The number of carbonyl (C=O) groups is 2. The van der Waals surface area contributed by atoms with Gasteiger partial charge in [0.25, 0.3) is 0 Å². The second kappa shape index (κ2) is 3.70. The second-order valence-corrected chi connectivity index (χ2v) is 4.37. The van der Waals surface area contributed by atoms with Crippen LogP contribution in [-0.4, -0.2) is 17.9 Å². The van der Waals surface area contributed by atoms with Gasteiger partial charge in [-0.2, -0.15) is 0 Å². The lowest BCUT2D eigenvalue weighted by atomic mass is 10.0. The lowest BCUT2D eigenvalue weighted by Gasteiger charge is -2.07. The monoisotopic (exact) mass is 221 g/mol. The Labute approximate surface area is 92.2 Å². The van der Waals surface area contributed by atoms with Crippen LogP contribution in [0.15, 0.2) is 17.0 Å². The van der Waals surface area contributed by atoms with E-state index in [1.807, 2.05) is 18.4 Å². The Hall–Kier alpha value is -1.29. The minimum atomic E-state index is -0.0363. The van der Waals surface area contributed by atoms with Crippen molar-refractivity contribution in [2.24, 2.45) is 0 Å². The highest BCUT2D eigenvalue weighted by Gasteiger charge is 2.23. The number of fused-ring (bicyclic) bond motifs is 1. The molecule has 0 aliphatic carbocycles. The molecule has 0 spiro atoms. The van der Waals surface area contributed by atoms with Gasteiger partial charge in [0.15, 0.2) is 5.78 Å². The van der Waals surface area contributed by atoms with Crippen LogP contribution in [0.3, 0.4) is 0 Å². The van der Waals surface area contributed by atoms with Gasteiger partial charge in [0.1, 0.15) is 0 Å². The molecule has 4 heteroatoms. The van der Waals surface area contributed by atoms with Crippen LogP contribution in [0.5, 0.6) is 0 Å². The highest BCUT2D eigenvalue weighted by Crippen LogP contribution is 2.32. The van der Waals surface area contributed by atoms with Gasteiger partial charge in [-0.1, -0.05) is 0 Å². The van der Waals surface area contributed by atoms with Crippen LogP contribution >= 0.6 is 11.8 Å². The number of benzene rings is 1. The normalized spacial score (nSPS) is 13.6. The third-order valence-electron chi connectivity index (χ3n) is 2.42. The molecular weight excluding hydrogens is 210 g/mol. The van der Waals surface area contributed by atoms with Crippen LogP contribution in [0.4, 0.5) is 5.69 Å². The maximum absolute atomic E-state index is 11.4. The molecule has 1 aliphatic heterocycles. The molecule has 0 unspecified atom stereocenters. The van der Waals surface area contributed by atoms with Gasteiger partial charge in [0.2, 0.25) is 5.91 Å². The molecule has 78 valence electrons. The van der Waals surface area contributed by atoms with E-state index in [0.717, 1.165) is 10.5 Å². The molecule has 1 amide bonds. The van der Waals surface area contributed by atoms with Crippen molar-refractivity contribution in [2.45, 2.75) is 18.2 Å². The summed E-state index contributed by atoms with van der Waals surface area (Å²) in [5, 5.41) is 2.73. The predicted molar refractivity (Wildman–Crippen MR) is 60.6 cm³/mol. The quantitative estimate of drug-likeness (QED) is 0.614. The highest BCUT2D eigenvalue weighted by atomic mass is 32.2. The molecule has 15 heavy (non-hydrogen) atoms. The summed E-state index contributed by atoms with van der Waals surface area (Å²) in [5.41, 5.74) is 2.24. The molecule has 0 aromatic heterocycles. The molecule has 1 aromatic rings. The van der Waals surface area contributed by atoms with Crippen LogP contribution < -0.4 is 5.32 Å². The van der Waals surface area contributed by atoms with E-state index in [4.69, 9.17) is 0 Å². The largest absolute Gasteiger partial charge is 0.325 e. The zero-order valence-electron chi connectivity index (χ0n) is 8.59. The topological polar surface area (TPSA) is 46.2 Å². The smallest absolute Gasteiger partial charge is 0.228 e. The fourth-order valence-electron chi connectivity index (χ4n) is 1.71. The fraction of sp³-hybridized carbons (Fsp3) is 0.273. The maximum atomic E-state index is 11.4. The van der Waals surface area contributed by atoms with E-state index in [-0.39, 0.29) is 11.7 Å². The predicted octanol–water partition coefficient (Wildman–Crippen LogP) is 2.11. The lowest BCUT2D eigenvalue weighted by Crippen LogP contribution is -2.06.